The number of hydrogen-bond donors (Lipinski definition) is 2. The van der Waals surface area contributed by atoms with Gasteiger partial charge in [0.05, 0.1) is 6.61 Å². The predicted octanol–water partition coefficient (Wildman–Crippen LogP) is 3.78. The van der Waals surface area contributed by atoms with Crippen molar-refractivity contribution < 1.29 is 14.3 Å². The van der Waals surface area contributed by atoms with Crippen LogP contribution < -0.4 is 15.6 Å². The minimum atomic E-state index is -0.192. The molecule has 2 aliphatic rings. The van der Waals surface area contributed by atoms with Crippen molar-refractivity contribution in [3.05, 3.63) is 28.8 Å². The zero-order chi connectivity index (χ0) is 18.5. The second-order valence-corrected chi connectivity index (χ2v) is 8.03. The molecule has 2 saturated carbocycles. The van der Waals surface area contributed by atoms with Gasteiger partial charge in [0.15, 0.2) is 0 Å². The van der Waals surface area contributed by atoms with E-state index in [0.717, 1.165) is 23.1 Å². The highest BCUT2D eigenvalue weighted by Gasteiger charge is 2.40. The molecule has 2 bridgehead atoms. The van der Waals surface area contributed by atoms with Crippen molar-refractivity contribution in [3.8, 4) is 5.75 Å². The van der Waals surface area contributed by atoms with E-state index < -0.39 is 0 Å². The SMILES string of the molecule is Cc1cc(Cl)ccc1OCCCC(=O)NNC(=O)CC1CC2CCC1C2. The number of carbonyl (C=O) groups excluding carboxylic acids is 2. The fraction of sp³-hybridized carbons (Fsp3) is 0.600. The first kappa shape index (κ1) is 19.0. The molecule has 2 amide bonds. The second kappa shape index (κ2) is 8.76. The molecule has 0 heterocycles. The van der Waals surface area contributed by atoms with Crippen molar-refractivity contribution in [2.75, 3.05) is 6.61 Å². The monoisotopic (exact) mass is 378 g/mol. The third-order valence-electron chi connectivity index (χ3n) is 5.62. The van der Waals surface area contributed by atoms with Gasteiger partial charge in [0.2, 0.25) is 11.8 Å². The highest BCUT2D eigenvalue weighted by molar-refractivity contribution is 6.30. The summed E-state index contributed by atoms with van der Waals surface area (Å²) in [6, 6.07) is 5.45. The van der Waals surface area contributed by atoms with Gasteiger partial charge in [-0.25, -0.2) is 0 Å². The Bertz CT molecular complexity index is 664. The number of benzene rings is 1. The number of ether oxygens (including phenoxy) is 1. The molecule has 0 spiro atoms. The van der Waals surface area contributed by atoms with Gasteiger partial charge in [-0.05, 0) is 74.1 Å². The summed E-state index contributed by atoms with van der Waals surface area (Å²) in [6.45, 7) is 2.37. The quantitative estimate of drug-likeness (QED) is 0.560. The van der Waals surface area contributed by atoms with Crippen molar-refractivity contribution in [1.82, 2.24) is 10.9 Å². The number of hydrogen-bond acceptors (Lipinski definition) is 3. The Morgan fingerprint density at radius 1 is 1.19 bits per heavy atom. The van der Waals surface area contributed by atoms with E-state index in [-0.39, 0.29) is 11.8 Å². The molecule has 1 aromatic carbocycles. The molecule has 6 heteroatoms. The molecule has 2 N–H and O–H groups in total. The summed E-state index contributed by atoms with van der Waals surface area (Å²) < 4.78 is 5.66. The van der Waals surface area contributed by atoms with Gasteiger partial charge in [-0.3, -0.25) is 20.4 Å². The first-order valence-electron chi connectivity index (χ1n) is 9.48. The summed E-state index contributed by atoms with van der Waals surface area (Å²) in [5.41, 5.74) is 6.02. The molecule has 26 heavy (non-hydrogen) atoms. The minimum absolute atomic E-state index is 0.0797. The number of carbonyl (C=O) groups is 2. The van der Waals surface area contributed by atoms with Crippen LogP contribution in [-0.2, 0) is 9.59 Å². The molecule has 2 aliphatic carbocycles. The fourth-order valence-corrected chi connectivity index (χ4v) is 4.53. The van der Waals surface area contributed by atoms with E-state index in [9.17, 15) is 9.59 Å². The maximum absolute atomic E-state index is 12.0. The molecule has 0 saturated heterocycles. The van der Waals surface area contributed by atoms with Crippen LogP contribution in [0.15, 0.2) is 18.2 Å². The highest BCUT2D eigenvalue weighted by atomic mass is 35.5. The maximum atomic E-state index is 12.0. The van der Waals surface area contributed by atoms with E-state index in [2.05, 4.69) is 10.9 Å². The topological polar surface area (TPSA) is 67.4 Å². The number of fused-ring (bicyclic) bond motifs is 2. The summed E-state index contributed by atoms with van der Waals surface area (Å²) in [5.74, 6) is 2.55. The standard InChI is InChI=1S/C20H27ClN2O3/c1-13-9-17(21)6-7-18(13)26-8-2-3-19(24)22-23-20(25)12-16-11-14-4-5-15(16)10-14/h6-7,9,14-16H,2-5,8,10-12H2,1H3,(H,22,24)(H,23,25). The van der Waals surface area contributed by atoms with Crippen LogP contribution in [0.25, 0.3) is 0 Å². The van der Waals surface area contributed by atoms with Crippen LogP contribution in [0.5, 0.6) is 5.75 Å². The Balaban J connectivity index is 1.27. The van der Waals surface area contributed by atoms with E-state index in [4.69, 9.17) is 16.3 Å². The van der Waals surface area contributed by atoms with Gasteiger partial charge < -0.3 is 4.74 Å². The summed E-state index contributed by atoms with van der Waals surface area (Å²) in [5, 5.41) is 0.676. The number of nitrogens with one attached hydrogen (secondary N) is 2. The van der Waals surface area contributed by atoms with Crippen molar-refractivity contribution in [3.63, 3.8) is 0 Å². The van der Waals surface area contributed by atoms with E-state index >= 15 is 0 Å². The smallest absolute Gasteiger partial charge is 0.238 e. The molecular weight excluding hydrogens is 352 g/mol. The molecule has 3 rings (SSSR count). The minimum Gasteiger partial charge on any atom is -0.493 e. The summed E-state index contributed by atoms with van der Waals surface area (Å²) >= 11 is 5.91. The normalized spacial score (nSPS) is 23.7. The van der Waals surface area contributed by atoms with Crippen molar-refractivity contribution in [2.24, 2.45) is 17.8 Å². The molecular formula is C20H27ClN2O3. The lowest BCUT2D eigenvalue weighted by molar-refractivity contribution is -0.129. The average molecular weight is 379 g/mol. The molecule has 3 atom stereocenters. The van der Waals surface area contributed by atoms with Crippen LogP contribution in [0.1, 0.15) is 50.5 Å². The van der Waals surface area contributed by atoms with Gasteiger partial charge in [0, 0.05) is 17.9 Å². The molecule has 2 fully saturated rings. The van der Waals surface area contributed by atoms with Crippen molar-refractivity contribution in [2.45, 2.75) is 51.9 Å². The van der Waals surface area contributed by atoms with Gasteiger partial charge in [0.25, 0.3) is 0 Å². The molecule has 0 aromatic heterocycles. The number of rotatable bonds is 7. The van der Waals surface area contributed by atoms with Crippen LogP contribution in [0.4, 0.5) is 0 Å². The first-order valence-corrected chi connectivity index (χ1v) is 9.85. The van der Waals surface area contributed by atoms with Crippen LogP contribution in [0.2, 0.25) is 5.02 Å². The highest BCUT2D eigenvalue weighted by Crippen LogP contribution is 2.49. The largest absolute Gasteiger partial charge is 0.493 e. The first-order chi connectivity index (χ1) is 12.5. The van der Waals surface area contributed by atoms with Gasteiger partial charge >= 0.3 is 0 Å². The van der Waals surface area contributed by atoms with Gasteiger partial charge in [-0.1, -0.05) is 18.0 Å². The number of hydrazine groups is 1. The lowest BCUT2D eigenvalue weighted by Crippen LogP contribution is -2.42. The van der Waals surface area contributed by atoms with Crippen LogP contribution in [0.3, 0.4) is 0 Å². The summed E-state index contributed by atoms with van der Waals surface area (Å²) in [4.78, 5) is 23.8. The average Bonchev–Trinajstić information content (AvgIpc) is 3.21. The molecule has 142 valence electrons. The van der Waals surface area contributed by atoms with E-state index in [1.807, 2.05) is 19.1 Å². The van der Waals surface area contributed by atoms with Crippen molar-refractivity contribution in [1.29, 1.82) is 0 Å². The Hall–Kier alpha value is -1.75. The third-order valence-corrected chi connectivity index (χ3v) is 5.85. The van der Waals surface area contributed by atoms with Crippen molar-refractivity contribution >= 4 is 23.4 Å². The third kappa shape index (κ3) is 5.13. The fourth-order valence-electron chi connectivity index (χ4n) is 4.31. The Labute approximate surface area is 159 Å². The molecule has 3 unspecified atom stereocenters. The molecule has 0 aliphatic heterocycles. The van der Waals surface area contributed by atoms with E-state index in [1.54, 1.807) is 6.07 Å². The van der Waals surface area contributed by atoms with Gasteiger partial charge in [-0.15, -0.1) is 0 Å². The van der Waals surface area contributed by atoms with Crippen LogP contribution in [-0.4, -0.2) is 18.4 Å². The Morgan fingerprint density at radius 3 is 2.69 bits per heavy atom. The summed E-state index contributed by atoms with van der Waals surface area (Å²) in [6.07, 6.45) is 6.47. The van der Waals surface area contributed by atoms with Crippen LogP contribution >= 0.6 is 11.6 Å². The van der Waals surface area contributed by atoms with E-state index in [1.165, 1.54) is 25.7 Å². The van der Waals surface area contributed by atoms with Crippen LogP contribution in [0, 0.1) is 24.7 Å². The second-order valence-electron chi connectivity index (χ2n) is 7.60. The number of aryl methyl sites for hydroxylation is 1. The maximum Gasteiger partial charge on any atom is 0.238 e. The molecule has 0 radical (unpaired) electrons. The Kier molecular flexibility index (Phi) is 6.41. The van der Waals surface area contributed by atoms with Gasteiger partial charge in [0.1, 0.15) is 5.75 Å². The lowest BCUT2D eigenvalue weighted by atomic mass is 9.86. The van der Waals surface area contributed by atoms with E-state index in [0.29, 0.717) is 36.8 Å². The van der Waals surface area contributed by atoms with Gasteiger partial charge in [-0.2, -0.15) is 0 Å². The Morgan fingerprint density at radius 2 is 2.00 bits per heavy atom. The molecule has 1 aromatic rings. The molecule has 5 nitrogen and oxygen atoms in total. The number of halogens is 1. The predicted molar refractivity (Wildman–Crippen MR) is 101 cm³/mol. The zero-order valence-electron chi connectivity index (χ0n) is 15.2. The lowest BCUT2D eigenvalue weighted by Gasteiger charge is -2.20. The summed E-state index contributed by atoms with van der Waals surface area (Å²) in [7, 11) is 0. The zero-order valence-corrected chi connectivity index (χ0v) is 16.0. The number of amides is 2.